The van der Waals surface area contributed by atoms with Crippen molar-refractivity contribution in [3.8, 4) is 0 Å². The van der Waals surface area contributed by atoms with Gasteiger partial charge in [0.25, 0.3) is 0 Å². The van der Waals surface area contributed by atoms with Gasteiger partial charge in [0.15, 0.2) is 0 Å². The number of carbonyl (C=O) groups is 1. The van der Waals surface area contributed by atoms with Crippen molar-refractivity contribution in [3.05, 3.63) is 47.8 Å². The molecule has 0 aromatic carbocycles. The number of carbonyl (C=O) groups excluding carboxylic acids is 1. The van der Waals surface area contributed by atoms with Crippen LogP contribution in [0, 0.1) is 28.6 Å². The lowest BCUT2D eigenvalue weighted by Gasteiger charge is -2.57. The van der Waals surface area contributed by atoms with Crippen molar-refractivity contribution in [2.45, 2.75) is 58.8 Å². The highest BCUT2D eigenvalue weighted by molar-refractivity contribution is 5.82. The molecule has 26 heavy (non-hydrogen) atoms. The zero-order valence-electron chi connectivity index (χ0n) is 16.0. The number of allylic oxidation sites excluding steroid dienone is 4. The highest BCUT2D eigenvalue weighted by Crippen LogP contribution is 2.66. The Balaban J connectivity index is 1.49. The molecule has 4 aliphatic rings. The molecule has 5 rings (SSSR count). The van der Waals surface area contributed by atoms with E-state index in [1.807, 2.05) is 12.4 Å². The van der Waals surface area contributed by atoms with Crippen LogP contribution in [0.25, 0.3) is 5.57 Å². The molecule has 0 unspecified atom stereocenters. The largest absolute Gasteiger partial charge is 0.299 e. The fraction of sp³-hybridized carbons (Fsp3) is 0.583. The Labute approximate surface area is 156 Å². The Kier molecular flexibility index (Phi) is 3.58. The van der Waals surface area contributed by atoms with Gasteiger partial charge in [0.05, 0.1) is 0 Å². The maximum atomic E-state index is 12.0. The van der Waals surface area contributed by atoms with Gasteiger partial charge >= 0.3 is 0 Å². The minimum absolute atomic E-state index is 0.273. The van der Waals surface area contributed by atoms with Crippen LogP contribution in [0.2, 0.25) is 0 Å². The number of pyridine rings is 1. The van der Waals surface area contributed by atoms with E-state index in [-0.39, 0.29) is 10.8 Å². The molecule has 2 fully saturated rings. The number of rotatable bonds is 1. The first-order valence-corrected chi connectivity index (χ1v) is 10.3. The maximum absolute atomic E-state index is 12.0. The van der Waals surface area contributed by atoms with Gasteiger partial charge in [-0.3, -0.25) is 9.78 Å². The highest BCUT2D eigenvalue weighted by atomic mass is 16.1. The fourth-order valence-electron chi connectivity index (χ4n) is 7.01. The zero-order chi connectivity index (χ0) is 17.9. The summed E-state index contributed by atoms with van der Waals surface area (Å²) in [5.74, 6) is 2.72. The van der Waals surface area contributed by atoms with Crippen molar-refractivity contribution >= 4 is 11.4 Å². The number of hydrogen-bond donors (Lipinski definition) is 0. The summed E-state index contributed by atoms with van der Waals surface area (Å²) in [5.41, 5.74) is 4.88. The van der Waals surface area contributed by atoms with Gasteiger partial charge in [0.2, 0.25) is 0 Å². The van der Waals surface area contributed by atoms with Gasteiger partial charge in [-0.05, 0) is 77.9 Å². The monoisotopic (exact) mass is 347 g/mol. The maximum Gasteiger partial charge on any atom is 0.136 e. The molecule has 2 heteroatoms. The second kappa shape index (κ2) is 5.65. The smallest absolute Gasteiger partial charge is 0.136 e. The molecule has 0 spiro atoms. The van der Waals surface area contributed by atoms with Crippen LogP contribution in [0.4, 0.5) is 0 Å². The summed E-state index contributed by atoms with van der Waals surface area (Å²) in [5, 5.41) is 0. The van der Waals surface area contributed by atoms with E-state index >= 15 is 0 Å². The van der Waals surface area contributed by atoms with E-state index in [9.17, 15) is 4.79 Å². The number of nitrogens with zero attached hydrogens (tertiary/aromatic N) is 1. The fourth-order valence-corrected chi connectivity index (χ4v) is 7.01. The SMILES string of the molecule is C[C@]12CCC(=O)CC1=CC[C@@H]1[C@@H]2CC[C@]2(C)C(c3cccnc3)=CC[C@@H]12. The summed E-state index contributed by atoms with van der Waals surface area (Å²) < 4.78 is 0. The molecule has 136 valence electrons. The van der Waals surface area contributed by atoms with Crippen LogP contribution in [0.3, 0.4) is 0 Å². The third-order valence-electron chi connectivity index (χ3n) is 8.49. The molecule has 1 aromatic heterocycles. The lowest BCUT2D eigenvalue weighted by molar-refractivity contribution is -0.122. The van der Waals surface area contributed by atoms with Crippen LogP contribution in [-0.2, 0) is 4.79 Å². The summed E-state index contributed by atoms with van der Waals surface area (Å²) in [7, 11) is 0. The second-order valence-corrected chi connectivity index (χ2v) is 9.53. The molecule has 4 aliphatic carbocycles. The molecule has 0 saturated heterocycles. The van der Waals surface area contributed by atoms with Gasteiger partial charge in [-0.2, -0.15) is 0 Å². The average Bonchev–Trinajstić information content (AvgIpc) is 3.00. The van der Waals surface area contributed by atoms with Crippen molar-refractivity contribution in [1.82, 2.24) is 4.98 Å². The molecule has 0 aliphatic heterocycles. The van der Waals surface area contributed by atoms with Crippen LogP contribution in [-0.4, -0.2) is 10.8 Å². The molecule has 0 bridgehead atoms. The number of Topliss-reactive ketones (excluding diaryl/α,β-unsaturated/α-hetero) is 1. The van der Waals surface area contributed by atoms with Gasteiger partial charge in [-0.25, -0.2) is 0 Å². The van der Waals surface area contributed by atoms with Gasteiger partial charge in [0, 0.05) is 25.2 Å². The molecule has 0 N–H and O–H groups in total. The molecule has 2 nitrogen and oxygen atoms in total. The Hall–Kier alpha value is -1.70. The summed E-state index contributed by atoms with van der Waals surface area (Å²) >= 11 is 0. The first kappa shape index (κ1) is 16.5. The van der Waals surface area contributed by atoms with Crippen molar-refractivity contribution in [2.24, 2.45) is 28.6 Å². The third-order valence-corrected chi connectivity index (χ3v) is 8.49. The summed E-state index contributed by atoms with van der Waals surface area (Å²) in [6.07, 6.45) is 16.4. The van der Waals surface area contributed by atoms with E-state index in [1.54, 1.807) is 0 Å². The van der Waals surface area contributed by atoms with E-state index in [0.717, 1.165) is 37.0 Å². The van der Waals surface area contributed by atoms with E-state index in [1.165, 1.54) is 42.4 Å². The van der Waals surface area contributed by atoms with E-state index in [0.29, 0.717) is 5.78 Å². The topological polar surface area (TPSA) is 30.0 Å². The van der Waals surface area contributed by atoms with Gasteiger partial charge in [0.1, 0.15) is 5.78 Å². The van der Waals surface area contributed by atoms with Crippen LogP contribution in [0.1, 0.15) is 64.4 Å². The Morgan fingerprint density at radius 2 is 1.96 bits per heavy atom. The number of ketones is 1. The average molecular weight is 348 g/mol. The summed E-state index contributed by atoms with van der Waals surface area (Å²) in [6, 6.07) is 4.29. The lowest BCUT2D eigenvalue weighted by atomic mass is 9.47. The van der Waals surface area contributed by atoms with Crippen LogP contribution in [0.15, 0.2) is 42.3 Å². The highest BCUT2D eigenvalue weighted by Gasteiger charge is 2.56. The van der Waals surface area contributed by atoms with Crippen molar-refractivity contribution in [1.29, 1.82) is 0 Å². The minimum Gasteiger partial charge on any atom is -0.299 e. The van der Waals surface area contributed by atoms with Crippen LogP contribution in [0.5, 0.6) is 0 Å². The number of fused-ring (bicyclic) bond motifs is 5. The molecule has 1 aromatic rings. The quantitative estimate of drug-likeness (QED) is 0.618. The Bertz CT molecular complexity index is 807. The molecule has 5 atom stereocenters. The van der Waals surface area contributed by atoms with Gasteiger partial charge in [-0.15, -0.1) is 0 Å². The number of hydrogen-bond acceptors (Lipinski definition) is 2. The van der Waals surface area contributed by atoms with E-state index < -0.39 is 0 Å². The lowest BCUT2D eigenvalue weighted by Crippen LogP contribution is -2.49. The minimum atomic E-state index is 0.273. The van der Waals surface area contributed by atoms with Crippen molar-refractivity contribution in [3.63, 3.8) is 0 Å². The first-order valence-electron chi connectivity index (χ1n) is 10.3. The van der Waals surface area contributed by atoms with Gasteiger partial charge in [-0.1, -0.05) is 37.6 Å². The predicted molar refractivity (Wildman–Crippen MR) is 104 cm³/mol. The Morgan fingerprint density at radius 3 is 2.77 bits per heavy atom. The summed E-state index contributed by atoms with van der Waals surface area (Å²) in [6.45, 7) is 4.97. The summed E-state index contributed by atoms with van der Waals surface area (Å²) in [4.78, 5) is 16.4. The van der Waals surface area contributed by atoms with Crippen LogP contribution >= 0.6 is 0 Å². The zero-order valence-corrected chi connectivity index (χ0v) is 16.0. The van der Waals surface area contributed by atoms with Gasteiger partial charge < -0.3 is 0 Å². The standard InChI is InChI=1S/C24H29NO/c1-23-11-9-18(26)14-17(23)5-6-19-21-8-7-20(16-4-3-13-25-15-16)24(21,2)12-10-22(19)23/h3-5,7,13,15,19,21-22H,6,8-12,14H2,1-2H3/t19-,21-,22-,23-,24+/m0/s1. The predicted octanol–water partition coefficient (Wildman–Crippen LogP) is 5.61. The van der Waals surface area contributed by atoms with E-state index in [2.05, 4.69) is 43.1 Å². The molecule has 0 amide bonds. The number of aromatic nitrogens is 1. The molecular weight excluding hydrogens is 318 g/mol. The second-order valence-electron chi connectivity index (χ2n) is 9.53. The van der Waals surface area contributed by atoms with Crippen molar-refractivity contribution < 1.29 is 4.79 Å². The molecule has 0 radical (unpaired) electrons. The van der Waals surface area contributed by atoms with Crippen molar-refractivity contribution in [2.75, 3.05) is 0 Å². The normalized spacial score (nSPS) is 41.6. The van der Waals surface area contributed by atoms with E-state index in [4.69, 9.17) is 0 Å². The van der Waals surface area contributed by atoms with Crippen LogP contribution < -0.4 is 0 Å². The molecule has 2 saturated carbocycles. The third kappa shape index (κ3) is 2.17. The molecule has 1 heterocycles. The molecular formula is C24H29NO. The Morgan fingerprint density at radius 1 is 1.08 bits per heavy atom. The first-order chi connectivity index (χ1) is 12.5.